The molecule has 3 aliphatic carbocycles. The van der Waals surface area contributed by atoms with Crippen LogP contribution < -0.4 is 10.1 Å². The Bertz CT molecular complexity index is 1330. The third-order valence-electron chi connectivity index (χ3n) is 8.46. The fraction of sp³-hybridized carbons (Fsp3) is 0.457. The van der Waals surface area contributed by atoms with Gasteiger partial charge >= 0.3 is 12.1 Å². The number of nitrogens with one attached hydrogen (secondary N) is 1. The second-order valence-corrected chi connectivity index (χ2v) is 11.4. The quantitative estimate of drug-likeness (QED) is 0.285. The van der Waals surface area contributed by atoms with Gasteiger partial charge in [-0.25, -0.2) is 4.79 Å². The fourth-order valence-electron chi connectivity index (χ4n) is 5.87. The molecule has 6 nitrogen and oxygen atoms in total. The van der Waals surface area contributed by atoms with Crippen LogP contribution in [0, 0.1) is 17.3 Å². The lowest BCUT2D eigenvalue weighted by atomic mass is 9.89. The molecule has 0 saturated heterocycles. The summed E-state index contributed by atoms with van der Waals surface area (Å²) >= 11 is 0. The number of esters is 1. The first-order valence-corrected chi connectivity index (χ1v) is 14.6. The molecule has 0 aromatic heterocycles. The van der Waals surface area contributed by atoms with Gasteiger partial charge in [0.15, 0.2) is 5.78 Å². The van der Waals surface area contributed by atoms with Gasteiger partial charge in [0.1, 0.15) is 11.9 Å². The van der Waals surface area contributed by atoms with Crippen LogP contribution in [0.25, 0.3) is 10.8 Å². The van der Waals surface area contributed by atoms with E-state index in [1.807, 2.05) is 36.4 Å². The van der Waals surface area contributed by atoms with Crippen LogP contribution >= 0.6 is 0 Å². The van der Waals surface area contributed by atoms with Crippen molar-refractivity contribution in [1.29, 1.82) is 0 Å². The number of carbonyl (C=O) groups excluding carboxylic acids is 3. The van der Waals surface area contributed by atoms with Crippen molar-refractivity contribution in [2.24, 2.45) is 17.3 Å². The van der Waals surface area contributed by atoms with Crippen LogP contribution in [0.4, 0.5) is 4.79 Å². The third kappa shape index (κ3) is 7.96. The van der Waals surface area contributed by atoms with E-state index < -0.39 is 6.09 Å². The summed E-state index contributed by atoms with van der Waals surface area (Å²) in [5.41, 5.74) is 3.91. The fourth-order valence-corrected chi connectivity index (χ4v) is 5.87. The van der Waals surface area contributed by atoms with Gasteiger partial charge in [-0.3, -0.25) is 9.59 Å². The van der Waals surface area contributed by atoms with Crippen LogP contribution in [0.15, 0.2) is 77.9 Å². The zero-order valence-electron chi connectivity index (χ0n) is 25.4. The summed E-state index contributed by atoms with van der Waals surface area (Å²) in [6.07, 6.45) is 9.62. The maximum atomic E-state index is 11.3. The smallest absolute Gasteiger partial charge is 0.412 e. The summed E-state index contributed by atoms with van der Waals surface area (Å²) in [5.74, 6) is 2.04. The molecule has 1 N–H and O–H groups in total. The minimum Gasteiger partial charge on any atom is -0.458 e. The highest BCUT2D eigenvalue weighted by molar-refractivity contribution is 5.98. The molecule has 2 fully saturated rings. The van der Waals surface area contributed by atoms with E-state index in [9.17, 15) is 14.4 Å². The number of carbonyl (C=O) groups is 3. The second kappa shape index (κ2) is 14.3. The summed E-state index contributed by atoms with van der Waals surface area (Å²) in [4.78, 5) is 33.3. The Labute approximate surface area is 244 Å². The SMILES string of the molecule is C=C1[C@H]2C[C@@]2(C(C)C)C[C@H]1OC(C)=O.CC/C=C/CC1=C(C)CCC1=O.CNC(=O)Oc1cccc2ccccc12. The number of rotatable bonds is 6. The van der Waals surface area contributed by atoms with Crippen molar-refractivity contribution in [1.82, 2.24) is 5.32 Å². The highest BCUT2D eigenvalue weighted by Gasteiger charge is 2.64. The molecule has 5 rings (SSSR count). The highest BCUT2D eigenvalue weighted by Crippen LogP contribution is 2.69. The molecule has 6 heteroatoms. The normalized spacial score (nSPS) is 22.6. The van der Waals surface area contributed by atoms with Crippen LogP contribution in [0.3, 0.4) is 0 Å². The molecule has 3 atom stereocenters. The first kappa shape index (κ1) is 31.9. The number of ketones is 1. The Hall–Kier alpha value is -3.67. The van der Waals surface area contributed by atoms with Crippen molar-refractivity contribution < 1.29 is 23.9 Å². The van der Waals surface area contributed by atoms with Crippen molar-refractivity contribution in [3.8, 4) is 5.75 Å². The lowest BCUT2D eigenvalue weighted by molar-refractivity contribution is -0.145. The van der Waals surface area contributed by atoms with E-state index in [1.165, 1.54) is 26.0 Å². The molecule has 41 heavy (non-hydrogen) atoms. The minimum atomic E-state index is -0.452. The average molecular weight is 560 g/mol. The standard InChI is InChI=1S/C12H11NO2.C12H18O2.C11H16O/c1-13-12(14)15-11-8-4-6-9-5-2-3-7-10(9)11;1-7(2)12-5-10(12)8(3)11(6-12)14-9(4)13;1-3-4-5-6-10-9(2)7-8-11(10)12/h2-8H,1H3,(H,13,14);7,10-11H,3,5-6H2,1-2,4H3;4-5H,3,6-8H2,1-2H3/b;;5-4+/t;10-,11-,12+;/m.1./s1. The Morgan fingerprint density at radius 1 is 1.10 bits per heavy atom. The number of allylic oxidation sites excluding steroid dienone is 4. The average Bonchev–Trinajstić information content (AvgIpc) is 3.52. The zero-order chi connectivity index (χ0) is 30.2. The van der Waals surface area contributed by atoms with Gasteiger partial charge in [-0.1, -0.05) is 81.5 Å². The summed E-state index contributed by atoms with van der Waals surface area (Å²) in [5, 5.41) is 4.41. The Balaban J connectivity index is 0.000000170. The van der Waals surface area contributed by atoms with E-state index >= 15 is 0 Å². The molecule has 0 bridgehead atoms. The van der Waals surface area contributed by atoms with Crippen molar-refractivity contribution in [2.45, 2.75) is 79.2 Å². The van der Waals surface area contributed by atoms with Crippen molar-refractivity contribution in [2.75, 3.05) is 7.05 Å². The summed E-state index contributed by atoms with van der Waals surface area (Å²) in [7, 11) is 1.54. The van der Waals surface area contributed by atoms with Gasteiger partial charge in [0.2, 0.25) is 0 Å². The Morgan fingerprint density at radius 2 is 1.80 bits per heavy atom. The number of ether oxygens (including phenoxy) is 2. The van der Waals surface area contributed by atoms with Crippen LogP contribution in [0.5, 0.6) is 5.75 Å². The van der Waals surface area contributed by atoms with Gasteiger partial charge < -0.3 is 14.8 Å². The van der Waals surface area contributed by atoms with Gasteiger partial charge in [0, 0.05) is 25.8 Å². The monoisotopic (exact) mass is 559 g/mol. The maximum Gasteiger partial charge on any atom is 0.412 e. The van der Waals surface area contributed by atoms with E-state index in [-0.39, 0.29) is 12.1 Å². The van der Waals surface area contributed by atoms with Crippen LogP contribution in [-0.4, -0.2) is 31.0 Å². The van der Waals surface area contributed by atoms with E-state index in [1.54, 1.807) is 6.07 Å². The molecule has 0 heterocycles. The molecule has 0 unspecified atom stereocenters. The van der Waals surface area contributed by atoms with Crippen molar-refractivity contribution >= 4 is 28.6 Å². The number of Topliss-reactive ketones (excluding diaryl/α,β-unsaturated/α-hetero) is 1. The molecular formula is C35H45NO5. The van der Waals surface area contributed by atoms with Gasteiger partial charge in [-0.15, -0.1) is 0 Å². The Morgan fingerprint density at radius 3 is 2.39 bits per heavy atom. The topological polar surface area (TPSA) is 81.7 Å². The summed E-state index contributed by atoms with van der Waals surface area (Å²) in [6, 6.07) is 13.4. The van der Waals surface area contributed by atoms with Crippen LogP contribution in [0.2, 0.25) is 0 Å². The zero-order valence-corrected chi connectivity index (χ0v) is 25.4. The van der Waals surface area contributed by atoms with Gasteiger partial charge in [-0.05, 0) is 78.9 Å². The maximum absolute atomic E-state index is 11.3. The molecular weight excluding hydrogens is 514 g/mol. The number of hydrogen-bond acceptors (Lipinski definition) is 5. The molecule has 0 aliphatic heterocycles. The number of benzene rings is 2. The Kier molecular flexibility index (Phi) is 11.1. The molecule has 1 amide bonds. The molecule has 2 aromatic rings. The number of fused-ring (bicyclic) bond motifs is 2. The van der Waals surface area contributed by atoms with Gasteiger partial charge in [-0.2, -0.15) is 0 Å². The number of hydrogen-bond donors (Lipinski definition) is 1. The molecule has 2 aromatic carbocycles. The summed E-state index contributed by atoms with van der Waals surface area (Å²) in [6.45, 7) is 14.2. The molecule has 2 saturated carbocycles. The van der Waals surface area contributed by atoms with E-state index in [0.717, 1.165) is 54.0 Å². The van der Waals surface area contributed by atoms with Gasteiger partial charge in [0.25, 0.3) is 0 Å². The largest absolute Gasteiger partial charge is 0.458 e. The predicted molar refractivity (Wildman–Crippen MR) is 165 cm³/mol. The second-order valence-electron chi connectivity index (χ2n) is 11.4. The van der Waals surface area contributed by atoms with Crippen molar-refractivity contribution in [3.63, 3.8) is 0 Å². The molecule has 3 aliphatic rings. The van der Waals surface area contributed by atoms with E-state index in [4.69, 9.17) is 9.47 Å². The first-order chi connectivity index (χ1) is 19.5. The van der Waals surface area contributed by atoms with Gasteiger partial charge in [0.05, 0.1) is 0 Å². The van der Waals surface area contributed by atoms with E-state index in [2.05, 4.69) is 51.7 Å². The van der Waals surface area contributed by atoms with Crippen molar-refractivity contribution in [3.05, 3.63) is 77.9 Å². The first-order valence-electron chi connectivity index (χ1n) is 14.6. The summed E-state index contributed by atoms with van der Waals surface area (Å²) < 4.78 is 10.4. The predicted octanol–water partition coefficient (Wildman–Crippen LogP) is 8.12. The van der Waals surface area contributed by atoms with E-state index in [0.29, 0.717) is 28.8 Å². The lowest BCUT2D eigenvalue weighted by Crippen LogP contribution is -2.22. The van der Waals surface area contributed by atoms with Crippen LogP contribution in [-0.2, 0) is 14.3 Å². The molecule has 0 radical (unpaired) electrons. The highest BCUT2D eigenvalue weighted by atomic mass is 16.6. The molecule has 220 valence electrons. The minimum absolute atomic E-state index is 0.00588. The number of amides is 1. The van der Waals surface area contributed by atoms with Crippen LogP contribution in [0.1, 0.15) is 73.1 Å². The lowest BCUT2D eigenvalue weighted by Gasteiger charge is -2.19. The third-order valence-corrected chi connectivity index (χ3v) is 8.46. The molecule has 0 spiro atoms.